The first-order chi connectivity index (χ1) is 6.00. The van der Waals surface area contributed by atoms with E-state index in [0.29, 0.717) is 5.92 Å². The number of ether oxygens (including phenoxy) is 1. The van der Waals surface area contributed by atoms with Gasteiger partial charge in [0, 0.05) is 0 Å². The van der Waals surface area contributed by atoms with Crippen LogP contribution in [-0.4, -0.2) is 18.8 Å². The highest BCUT2D eigenvalue weighted by Crippen LogP contribution is 2.29. The summed E-state index contributed by atoms with van der Waals surface area (Å²) in [6.07, 6.45) is 0.478. The van der Waals surface area contributed by atoms with Crippen LogP contribution in [0.5, 0.6) is 0 Å². The van der Waals surface area contributed by atoms with Crippen LogP contribution < -0.4 is 0 Å². The third-order valence-corrected chi connectivity index (χ3v) is 1.57. The molecule has 1 aliphatic carbocycles. The number of esters is 1. The van der Waals surface area contributed by atoms with E-state index in [9.17, 15) is 18.0 Å². The lowest BCUT2D eigenvalue weighted by molar-refractivity contribution is -0.198. The van der Waals surface area contributed by atoms with E-state index in [1.807, 2.05) is 0 Å². The van der Waals surface area contributed by atoms with E-state index in [2.05, 4.69) is 4.74 Å². The highest BCUT2D eigenvalue weighted by atomic mass is 19.4. The molecule has 0 spiro atoms. The number of alkyl halides is 3. The molecule has 1 rings (SSSR count). The van der Waals surface area contributed by atoms with Crippen LogP contribution in [0, 0.1) is 5.92 Å². The summed E-state index contributed by atoms with van der Waals surface area (Å²) in [7, 11) is 0. The van der Waals surface area contributed by atoms with E-state index in [1.165, 1.54) is 6.08 Å². The Morgan fingerprint density at radius 1 is 1.46 bits per heavy atom. The molecule has 0 aromatic carbocycles. The lowest BCUT2D eigenvalue weighted by Gasteiger charge is -2.03. The van der Waals surface area contributed by atoms with Gasteiger partial charge in [0.15, 0.2) is 0 Å². The van der Waals surface area contributed by atoms with Gasteiger partial charge < -0.3 is 4.74 Å². The second-order valence-electron chi connectivity index (χ2n) is 2.86. The summed E-state index contributed by atoms with van der Waals surface area (Å²) in [5.41, 5.74) is 0. The molecule has 0 amide bonds. The van der Waals surface area contributed by atoms with E-state index in [4.69, 9.17) is 0 Å². The van der Waals surface area contributed by atoms with Crippen molar-refractivity contribution in [2.45, 2.75) is 19.0 Å². The molecule has 2 nitrogen and oxygen atoms in total. The zero-order valence-corrected chi connectivity index (χ0v) is 6.80. The first kappa shape index (κ1) is 10.1. The molecule has 0 aliphatic heterocycles. The number of allylic oxidation sites excluding steroid dienone is 1. The first-order valence-electron chi connectivity index (χ1n) is 3.91. The minimum atomic E-state index is -4.88. The van der Waals surface area contributed by atoms with Crippen LogP contribution in [0.15, 0.2) is 12.2 Å². The summed E-state index contributed by atoms with van der Waals surface area (Å²) in [5.74, 6) is -1.66. The maximum Gasteiger partial charge on any atom is 0.490 e. The Hall–Kier alpha value is -1.00. The monoisotopic (exact) mass is 194 g/mol. The molecule has 1 aliphatic rings. The number of rotatable bonds is 3. The molecule has 0 heterocycles. The fourth-order valence-electron chi connectivity index (χ4n) is 0.742. The molecule has 0 N–H and O–H groups in total. The van der Waals surface area contributed by atoms with Gasteiger partial charge in [0.2, 0.25) is 0 Å². The maximum absolute atomic E-state index is 11.5. The van der Waals surface area contributed by atoms with Crippen molar-refractivity contribution in [2.75, 3.05) is 6.61 Å². The Labute approximate surface area is 73.4 Å². The van der Waals surface area contributed by atoms with E-state index in [-0.39, 0.29) is 6.61 Å². The molecule has 13 heavy (non-hydrogen) atoms. The third-order valence-electron chi connectivity index (χ3n) is 1.57. The highest BCUT2D eigenvalue weighted by Gasteiger charge is 2.40. The zero-order valence-electron chi connectivity index (χ0n) is 6.80. The molecule has 74 valence electrons. The molecule has 1 fully saturated rings. The fourth-order valence-corrected chi connectivity index (χ4v) is 0.742. The molecule has 0 saturated heterocycles. The average molecular weight is 194 g/mol. The van der Waals surface area contributed by atoms with E-state index in [1.54, 1.807) is 6.08 Å². The van der Waals surface area contributed by atoms with Crippen molar-refractivity contribution < 1.29 is 22.7 Å². The number of hydrogen-bond acceptors (Lipinski definition) is 2. The van der Waals surface area contributed by atoms with Crippen LogP contribution in [0.4, 0.5) is 13.2 Å². The summed E-state index contributed by atoms with van der Waals surface area (Å²) in [4.78, 5) is 10.1. The number of hydrogen-bond donors (Lipinski definition) is 0. The van der Waals surface area contributed by atoms with Crippen molar-refractivity contribution >= 4 is 5.97 Å². The molecule has 0 aromatic rings. The largest absolute Gasteiger partial charge is 0.490 e. The molecule has 0 atom stereocenters. The van der Waals surface area contributed by atoms with Gasteiger partial charge in [0.05, 0.1) is 0 Å². The van der Waals surface area contributed by atoms with Crippen LogP contribution in [0.25, 0.3) is 0 Å². The zero-order chi connectivity index (χ0) is 9.90. The van der Waals surface area contributed by atoms with E-state index in [0.717, 1.165) is 12.8 Å². The van der Waals surface area contributed by atoms with Gasteiger partial charge in [-0.25, -0.2) is 4.79 Å². The molecule has 0 aromatic heterocycles. The Morgan fingerprint density at radius 3 is 2.54 bits per heavy atom. The second kappa shape index (κ2) is 3.81. The third kappa shape index (κ3) is 3.96. The molecule has 0 bridgehead atoms. The standard InChI is InChI=1S/C8H9F3O2/c9-8(10,11)7(12)13-5-1-2-6-3-4-6/h1-2,6H,3-5H2/b2-1+. The minimum absolute atomic E-state index is 0.297. The molecular formula is C8H9F3O2. The van der Waals surface area contributed by atoms with Crippen LogP contribution in [-0.2, 0) is 9.53 Å². The van der Waals surface area contributed by atoms with Gasteiger partial charge in [-0.1, -0.05) is 12.2 Å². The Kier molecular flexibility index (Phi) is 2.95. The fraction of sp³-hybridized carbons (Fsp3) is 0.625. The smallest absolute Gasteiger partial charge is 0.455 e. The first-order valence-corrected chi connectivity index (χ1v) is 3.91. The van der Waals surface area contributed by atoms with Crippen LogP contribution in [0.2, 0.25) is 0 Å². The Bertz CT molecular complexity index is 216. The summed E-state index contributed by atoms with van der Waals surface area (Å²) in [5, 5.41) is 0. The maximum atomic E-state index is 11.5. The van der Waals surface area contributed by atoms with Gasteiger partial charge in [0.25, 0.3) is 0 Å². The van der Waals surface area contributed by atoms with Gasteiger partial charge in [0.1, 0.15) is 6.61 Å². The molecule has 0 radical (unpaired) electrons. The van der Waals surface area contributed by atoms with Crippen molar-refractivity contribution in [1.29, 1.82) is 0 Å². The van der Waals surface area contributed by atoms with Crippen molar-refractivity contribution in [3.05, 3.63) is 12.2 Å². The van der Waals surface area contributed by atoms with Crippen LogP contribution in [0.3, 0.4) is 0 Å². The topological polar surface area (TPSA) is 26.3 Å². The summed E-state index contributed by atoms with van der Waals surface area (Å²) >= 11 is 0. The van der Waals surface area contributed by atoms with Crippen LogP contribution in [0.1, 0.15) is 12.8 Å². The highest BCUT2D eigenvalue weighted by molar-refractivity contribution is 5.75. The van der Waals surface area contributed by atoms with Gasteiger partial charge in [-0.05, 0) is 18.8 Å². The van der Waals surface area contributed by atoms with Gasteiger partial charge in [-0.15, -0.1) is 0 Å². The average Bonchev–Trinajstić information content (AvgIpc) is 2.79. The van der Waals surface area contributed by atoms with Crippen molar-refractivity contribution in [3.8, 4) is 0 Å². The number of carbonyl (C=O) groups is 1. The predicted molar refractivity (Wildman–Crippen MR) is 38.9 cm³/mol. The van der Waals surface area contributed by atoms with Gasteiger partial charge in [-0.2, -0.15) is 13.2 Å². The Balaban J connectivity index is 2.14. The SMILES string of the molecule is O=C(OC/C=C/C1CC1)C(F)(F)F. The number of carbonyl (C=O) groups excluding carboxylic acids is 1. The molecular weight excluding hydrogens is 185 g/mol. The van der Waals surface area contributed by atoms with Crippen molar-refractivity contribution in [3.63, 3.8) is 0 Å². The molecule has 5 heteroatoms. The summed E-state index contributed by atoms with van der Waals surface area (Å²) in [6, 6.07) is 0. The van der Waals surface area contributed by atoms with E-state index < -0.39 is 12.1 Å². The van der Waals surface area contributed by atoms with Gasteiger partial charge in [-0.3, -0.25) is 0 Å². The minimum Gasteiger partial charge on any atom is -0.455 e. The normalized spacial score (nSPS) is 17.8. The number of halogens is 3. The second-order valence-corrected chi connectivity index (χ2v) is 2.86. The summed E-state index contributed by atoms with van der Waals surface area (Å²) in [6.45, 7) is -0.297. The molecule has 0 unspecified atom stereocenters. The lowest BCUT2D eigenvalue weighted by atomic mass is 10.4. The Morgan fingerprint density at radius 2 is 2.08 bits per heavy atom. The van der Waals surface area contributed by atoms with Gasteiger partial charge >= 0.3 is 12.1 Å². The van der Waals surface area contributed by atoms with E-state index >= 15 is 0 Å². The van der Waals surface area contributed by atoms with Crippen molar-refractivity contribution in [2.24, 2.45) is 5.92 Å². The predicted octanol–water partition coefficient (Wildman–Crippen LogP) is 2.06. The van der Waals surface area contributed by atoms with Crippen LogP contribution >= 0.6 is 0 Å². The summed E-state index contributed by atoms with van der Waals surface area (Å²) < 4.78 is 38.6. The molecule has 1 saturated carbocycles. The van der Waals surface area contributed by atoms with Crippen molar-refractivity contribution in [1.82, 2.24) is 0 Å². The quantitative estimate of drug-likeness (QED) is 0.507. The lowest BCUT2D eigenvalue weighted by Crippen LogP contribution is -2.25.